The van der Waals surface area contributed by atoms with Gasteiger partial charge in [-0.3, -0.25) is 28.7 Å². The molecule has 0 spiro atoms. The quantitative estimate of drug-likeness (QED) is 0.305. The zero-order valence-corrected chi connectivity index (χ0v) is 13.6. The second kappa shape index (κ2) is 5.89. The average Bonchev–Trinajstić information content (AvgIpc) is 2.68. The summed E-state index contributed by atoms with van der Waals surface area (Å²) >= 11 is 0. The number of rotatable bonds is 2. The Morgan fingerprint density at radius 2 is 1.89 bits per heavy atom. The molecule has 0 aliphatic rings. The summed E-state index contributed by atoms with van der Waals surface area (Å²) in [6.07, 6.45) is 1.53. The Morgan fingerprint density at radius 1 is 1.07 bits per heavy atom. The monoisotopic (exact) mass is 359 g/mol. The lowest BCUT2D eigenvalue weighted by Crippen LogP contribution is -2.26. The second-order valence-electron chi connectivity index (χ2n) is 5.67. The fourth-order valence-electron chi connectivity index (χ4n) is 2.88. The van der Waals surface area contributed by atoms with E-state index in [1.54, 1.807) is 24.3 Å². The van der Waals surface area contributed by atoms with Crippen molar-refractivity contribution in [3.05, 3.63) is 91.1 Å². The molecule has 0 aliphatic heterocycles. The third-order valence-corrected chi connectivity index (χ3v) is 4.10. The Labute approximate surface area is 150 Å². The van der Waals surface area contributed by atoms with Crippen molar-refractivity contribution in [3.63, 3.8) is 0 Å². The number of non-ortho nitro benzene ring substituents is 1. The first kappa shape index (κ1) is 16.2. The number of nitro benzene ring substituents is 1. The van der Waals surface area contributed by atoms with Crippen LogP contribution in [0, 0.1) is 21.4 Å². The number of fused-ring (bicyclic) bond motifs is 2. The van der Waals surface area contributed by atoms with Crippen molar-refractivity contribution in [1.29, 1.82) is 5.26 Å². The average molecular weight is 359 g/mol. The molecule has 4 aromatic rings. The van der Waals surface area contributed by atoms with Crippen LogP contribution < -0.4 is 11.1 Å². The molecule has 0 radical (unpaired) electrons. The molecule has 0 atom stereocenters. The highest BCUT2D eigenvalue weighted by molar-refractivity contribution is 5.79. The molecular weight excluding hydrogens is 350 g/mol. The first-order valence-corrected chi connectivity index (χ1v) is 7.73. The van der Waals surface area contributed by atoms with Gasteiger partial charge in [0.15, 0.2) is 5.65 Å². The van der Waals surface area contributed by atoms with Crippen molar-refractivity contribution in [2.75, 3.05) is 0 Å². The predicted molar refractivity (Wildman–Crippen MR) is 95.9 cm³/mol. The molecule has 0 N–H and O–H groups in total. The SMILES string of the molecule is N#Cc1cc2c(=O)n3ccccc3nc2n(-c2cccc([N+](=O)[O-])c2)c1=O. The van der Waals surface area contributed by atoms with Gasteiger partial charge in [-0.15, -0.1) is 0 Å². The van der Waals surface area contributed by atoms with Gasteiger partial charge in [-0.2, -0.15) is 5.26 Å². The minimum absolute atomic E-state index is 0.0238. The van der Waals surface area contributed by atoms with E-state index in [1.165, 1.54) is 40.9 Å². The number of nitro groups is 1. The van der Waals surface area contributed by atoms with Crippen LogP contribution in [0.2, 0.25) is 0 Å². The van der Waals surface area contributed by atoms with Gasteiger partial charge in [-0.1, -0.05) is 12.1 Å². The number of nitrogens with zero attached hydrogens (tertiary/aromatic N) is 5. The normalized spacial score (nSPS) is 10.8. The van der Waals surface area contributed by atoms with E-state index in [-0.39, 0.29) is 28.0 Å². The lowest BCUT2D eigenvalue weighted by Gasteiger charge is -2.11. The molecule has 9 heteroatoms. The van der Waals surface area contributed by atoms with Gasteiger partial charge in [0.25, 0.3) is 16.8 Å². The summed E-state index contributed by atoms with van der Waals surface area (Å²) in [7, 11) is 0. The molecule has 3 aromatic heterocycles. The van der Waals surface area contributed by atoms with Gasteiger partial charge in [-0.25, -0.2) is 4.98 Å². The number of aromatic nitrogens is 3. The van der Waals surface area contributed by atoms with Crippen molar-refractivity contribution in [1.82, 2.24) is 14.0 Å². The molecule has 4 rings (SSSR count). The van der Waals surface area contributed by atoms with Gasteiger partial charge in [0.05, 0.1) is 16.0 Å². The third-order valence-electron chi connectivity index (χ3n) is 4.10. The van der Waals surface area contributed by atoms with Crippen LogP contribution in [0.15, 0.2) is 64.3 Å². The molecule has 0 aliphatic carbocycles. The van der Waals surface area contributed by atoms with E-state index in [1.807, 2.05) is 0 Å². The number of nitriles is 1. The highest BCUT2D eigenvalue weighted by Crippen LogP contribution is 2.19. The van der Waals surface area contributed by atoms with Crippen LogP contribution in [-0.2, 0) is 0 Å². The first-order valence-electron chi connectivity index (χ1n) is 7.73. The Balaban J connectivity index is 2.23. The summed E-state index contributed by atoms with van der Waals surface area (Å²) < 4.78 is 2.35. The van der Waals surface area contributed by atoms with Gasteiger partial charge in [0.2, 0.25) is 0 Å². The third kappa shape index (κ3) is 2.44. The van der Waals surface area contributed by atoms with E-state index >= 15 is 0 Å². The number of pyridine rings is 2. The molecule has 0 amide bonds. The van der Waals surface area contributed by atoms with Gasteiger partial charge in [0, 0.05) is 18.3 Å². The lowest BCUT2D eigenvalue weighted by molar-refractivity contribution is -0.384. The first-order chi connectivity index (χ1) is 13.0. The molecule has 9 nitrogen and oxygen atoms in total. The van der Waals surface area contributed by atoms with E-state index in [0.717, 1.165) is 4.57 Å². The van der Waals surface area contributed by atoms with Gasteiger partial charge in [-0.05, 0) is 24.3 Å². The van der Waals surface area contributed by atoms with E-state index < -0.39 is 16.0 Å². The maximum absolute atomic E-state index is 12.8. The molecule has 27 heavy (non-hydrogen) atoms. The molecule has 0 unspecified atom stereocenters. The van der Waals surface area contributed by atoms with E-state index in [0.29, 0.717) is 5.65 Å². The largest absolute Gasteiger partial charge is 0.274 e. The Morgan fingerprint density at radius 3 is 2.63 bits per heavy atom. The summed E-state index contributed by atoms with van der Waals surface area (Å²) in [5, 5.41) is 20.4. The minimum Gasteiger partial charge on any atom is -0.268 e. The van der Waals surface area contributed by atoms with E-state index in [2.05, 4.69) is 4.98 Å². The smallest absolute Gasteiger partial charge is 0.268 e. The molecule has 3 heterocycles. The fourth-order valence-corrected chi connectivity index (χ4v) is 2.88. The molecule has 0 saturated heterocycles. The standard InChI is InChI=1S/C18H9N5O4/c19-10-11-8-14-16(20-15-6-1-2-7-21(15)18(14)25)22(17(11)24)12-4-3-5-13(9-12)23(26)27/h1-9H. The van der Waals surface area contributed by atoms with Crippen molar-refractivity contribution in [2.45, 2.75) is 0 Å². The molecular formula is C18H9N5O4. The van der Waals surface area contributed by atoms with Crippen LogP contribution in [0.4, 0.5) is 5.69 Å². The predicted octanol–water partition coefficient (Wildman–Crippen LogP) is 1.78. The number of benzene rings is 1. The highest BCUT2D eigenvalue weighted by atomic mass is 16.6. The Bertz CT molecular complexity index is 1410. The second-order valence-corrected chi connectivity index (χ2v) is 5.67. The van der Waals surface area contributed by atoms with Crippen molar-refractivity contribution < 1.29 is 4.92 Å². The lowest BCUT2D eigenvalue weighted by atomic mass is 10.2. The van der Waals surface area contributed by atoms with Gasteiger partial charge in [0.1, 0.15) is 17.3 Å². The Kier molecular flexibility index (Phi) is 3.53. The van der Waals surface area contributed by atoms with Crippen LogP contribution >= 0.6 is 0 Å². The summed E-state index contributed by atoms with van der Waals surface area (Å²) in [6.45, 7) is 0. The molecule has 0 fully saturated rings. The summed E-state index contributed by atoms with van der Waals surface area (Å²) in [5.74, 6) is 0. The van der Waals surface area contributed by atoms with Crippen LogP contribution in [0.25, 0.3) is 22.4 Å². The number of hydrogen-bond acceptors (Lipinski definition) is 6. The van der Waals surface area contributed by atoms with Crippen molar-refractivity contribution in [3.8, 4) is 11.8 Å². The van der Waals surface area contributed by atoms with Gasteiger partial charge < -0.3 is 0 Å². The summed E-state index contributed by atoms with van der Waals surface area (Å²) in [5.41, 5.74) is -1.18. The minimum atomic E-state index is -0.710. The summed E-state index contributed by atoms with van der Waals surface area (Å²) in [6, 6.07) is 13.3. The number of hydrogen-bond donors (Lipinski definition) is 0. The van der Waals surface area contributed by atoms with Crippen LogP contribution in [-0.4, -0.2) is 18.9 Å². The van der Waals surface area contributed by atoms with Crippen LogP contribution in [0.5, 0.6) is 0 Å². The van der Waals surface area contributed by atoms with E-state index in [9.17, 15) is 25.0 Å². The molecule has 0 bridgehead atoms. The molecule has 1 aromatic carbocycles. The van der Waals surface area contributed by atoms with Gasteiger partial charge >= 0.3 is 0 Å². The summed E-state index contributed by atoms with van der Waals surface area (Å²) in [4.78, 5) is 40.4. The molecule has 0 saturated carbocycles. The van der Waals surface area contributed by atoms with E-state index in [4.69, 9.17) is 0 Å². The van der Waals surface area contributed by atoms with Crippen LogP contribution in [0.1, 0.15) is 5.56 Å². The zero-order valence-electron chi connectivity index (χ0n) is 13.6. The highest BCUT2D eigenvalue weighted by Gasteiger charge is 2.17. The maximum atomic E-state index is 12.8. The Hall–Kier alpha value is -4.32. The zero-order chi connectivity index (χ0) is 19.1. The van der Waals surface area contributed by atoms with Crippen molar-refractivity contribution in [2.24, 2.45) is 0 Å². The van der Waals surface area contributed by atoms with Crippen LogP contribution in [0.3, 0.4) is 0 Å². The van der Waals surface area contributed by atoms with Crippen molar-refractivity contribution >= 4 is 22.4 Å². The topological polar surface area (TPSA) is 123 Å². The maximum Gasteiger partial charge on any atom is 0.274 e. The molecule has 130 valence electrons. The fraction of sp³-hybridized carbons (Fsp3) is 0.